The lowest BCUT2D eigenvalue weighted by molar-refractivity contribution is -0.139. The van der Waals surface area contributed by atoms with E-state index in [-0.39, 0.29) is 12.2 Å². The van der Waals surface area contributed by atoms with Crippen LogP contribution in [0.2, 0.25) is 0 Å². The second-order valence-corrected chi connectivity index (χ2v) is 13.4. The van der Waals surface area contributed by atoms with Crippen molar-refractivity contribution in [1.82, 2.24) is 0 Å². The Bertz CT molecular complexity index is 896. The van der Waals surface area contributed by atoms with E-state index in [4.69, 9.17) is 9.84 Å². The van der Waals surface area contributed by atoms with Gasteiger partial charge in [-0.25, -0.2) is 4.79 Å². The molecule has 0 unspecified atom stereocenters. The fourth-order valence-electron chi connectivity index (χ4n) is 8.21. The van der Waals surface area contributed by atoms with Crippen LogP contribution < -0.4 is 0 Å². The van der Waals surface area contributed by atoms with Gasteiger partial charge in [0.2, 0.25) is 0 Å². The summed E-state index contributed by atoms with van der Waals surface area (Å²) in [6.07, 6.45) is 23.0. The predicted molar refractivity (Wildman–Crippen MR) is 162 cm³/mol. The highest BCUT2D eigenvalue weighted by molar-refractivity contribution is 5.87. The van der Waals surface area contributed by atoms with Crippen molar-refractivity contribution >= 4 is 5.97 Å². The standard InChI is InChI=1S/C36H56O3/c1-4-5-6-7-28-10-14-33(15-11-28)35-21-20-34(24-26(35)2)32-18-16-31(17-19-32)30-12-8-29(9-13-30)22-23-39-36(38)27(3)25-37/h20-21,24,28-33,37H,3-19,22-23,25H2,1-2H3. The van der Waals surface area contributed by atoms with Crippen molar-refractivity contribution in [3.8, 4) is 0 Å². The Labute approximate surface area is 239 Å². The minimum absolute atomic E-state index is 0.149. The summed E-state index contributed by atoms with van der Waals surface area (Å²) in [6, 6.07) is 7.56. The number of hydrogen-bond donors (Lipinski definition) is 1. The molecule has 0 saturated heterocycles. The molecule has 0 amide bonds. The average molecular weight is 537 g/mol. The second kappa shape index (κ2) is 15.4. The van der Waals surface area contributed by atoms with Gasteiger partial charge in [-0.2, -0.15) is 0 Å². The van der Waals surface area contributed by atoms with Crippen LogP contribution in [0.5, 0.6) is 0 Å². The first-order valence-corrected chi connectivity index (χ1v) is 16.5. The van der Waals surface area contributed by atoms with Crippen LogP contribution in [0, 0.1) is 30.6 Å². The molecule has 1 aromatic carbocycles. The SMILES string of the molecule is C=C(CO)C(=O)OCCC1CCC(C2CCC(c3ccc(C4CCC(CCCCC)CC4)c(C)c3)CC2)CC1. The molecule has 1 aromatic rings. The quantitative estimate of drug-likeness (QED) is 0.164. The monoisotopic (exact) mass is 536 g/mol. The number of hydrogen-bond acceptors (Lipinski definition) is 3. The van der Waals surface area contributed by atoms with Crippen LogP contribution in [-0.2, 0) is 9.53 Å². The molecule has 0 aliphatic heterocycles. The normalized spacial score (nSPS) is 29.6. The van der Waals surface area contributed by atoms with Crippen LogP contribution in [0.1, 0.15) is 145 Å². The van der Waals surface area contributed by atoms with Gasteiger partial charge in [-0.15, -0.1) is 0 Å². The maximum atomic E-state index is 11.7. The van der Waals surface area contributed by atoms with Crippen LogP contribution in [0.4, 0.5) is 0 Å². The van der Waals surface area contributed by atoms with E-state index >= 15 is 0 Å². The van der Waals surface area contributed by atoms with Gasteiger partial charge in [0.25, 0.3) is 0 Å². The Morgan fingerprint density at radius 2 is 1.44 bits per heavy atom. The van der Waals surface area contributed by atoms with Gasteiger partial charge in [-0.3, -0.25) is 0 Å². The molecular formula is C36H56O3. The molecule has 0 atom stereocenters. The third kappa shape index (κ3) is 8.69. The van der Waals surface area contributed by atoms with E-state index in [0.29, 0.717) is 12.5 Å². The van der Waals surface area contributed by atoms with E-state index in [1.54, 1.807) is 16.7 Å². The van der Waals surface area contributed by atoms with Crippen LogP contribution in [0.15, 0.2) is 30.4 Å². The lowest BCUT2D eigenvalue weighted by atomic mass is 9.68. The third-order valence-electron chi connectivity index (χ3n) is 10.8. The number of aliphatic hydroxyl groups excluding tert-OH is 1. The van der Waals surface area contributed by atoms with Crippen LogP contribution in [0.25, 0.3) is 0 Å². The Balaban J connectivity index is 1.16. The second-order valence-electron chi connectivity index (χ2n) is 13.4. The summed E-state index contributed by atoms with van der Waals surface area (Å²) >= 11 is 0. The van der Waals surface area contributed by atoms with Gasteiger partial charge in [0.15, 0.2) is 0 Å². The van der Waals surface area contributed by atoms with Crippen molar-refractivity contribution in [2.24, 2.45) is 23.7 Å². The molecule has 4 rings (SSSR count). The summed E-state index contributed by atoms with van der Waals surface area (Å²) in [6.45, 7) is 8.36. The molecule has 3 saturated carbocycles. The summed E-state index contributed by atoms with van der Waals surface area (Å²) in [5.74, 6) is 4.54. The van der Waals surface area contributed by atoms with E-state index in [0.717, 1.165) is 36.0 Å². The highest BCUT2D eigenvalue weighted by Gasteiger charge is 2.32. The Morgan fingerprint density at radius 3 is 2.05 bits per heavy atom. The van der Waals surface area contributed by atoms with Gasteiger partial charge in [-0.1, -0.05) is 70.2 Å². The number of carbonyl (C=O) groups is 1. The lowest BCUT2D eigenvalue weighted by Gasteiger charge is -2.38. The molecule has 0 spiro atoms. The molecule has 0 bridgehead atoms. The highest BCUT2D eigenvalue weighted by atomic mass is 16.5. The molecule has 39 heavy (non-hydrogen) atoms. The number of esters is 1. The maximum absolute atomic E-state index is 11.7. The Morgan fingerprint density at radius 1 is 0.846 bits per heavy atom. The van der Waals surface area contributed by atoms with Crippen molar-refractivity contribution < 1.29 is 14.6 Å². The third-order valence-corrected chi connectivity index (χ3v) is 10.8. The average Bonchev–Trinajstić information content (AvgIpc) is 2.97. The van der Waals surface area contributed by atoms with E-state index < -0.39 is 5.97 Å². The van der Waals surface area contributed by atoms with Gasteiger partial charge in [0.05, 0.1) is 18.8 Å². The number of benzene rings is 1. The first-order valence-electron chi connectivity index (χ1n) is 16.5. The Hall–Kier alpha value is -1.61. The van der Waals surface area contributed by atoms with Crippen molar-refractivity contribution in [2.75, 3.05) is 13.2 Å². The zero-order valence-electron chi connectivity index (χ0n) is 25.1. The first kappa shape index (κ1) is 30.4. The highest BCUT2D eigenvalue weighted by Crippen LogP contribution is 2.45. The maximum Gasteiger partial charge on any atom is 0.335 e. The molecule has 3 heteroatoms. The van der Waals surface area contributed by atoms with E-state index in [9.17, 15) is 4.79 Å². The van der Waals surface area contributed by atoms with Gasteiger partial charge >= 0.3 is 5.97 Å². The smallest absolute Gasteiger partial charge is 0.335 e. The summed E-state index contributed by atoms with van der Waals surface area (Å²) in [7, 11) is 0. The number of carbonyl (C=O) groups excluding carboxylic acids is 1. The number of aliphatic hydroxyl groups is 1. The van der Waals surface area contributed by atoms with E-state index in [2.05, 4.69) is 38.6 Å². The van der Waals surface area contributed by atoms with E-state index in [1.165, 1.54) is 103 Å². The number of aryl methyl sites for hydroxylation is 1. The summed E-state index contributed by atoms with van der Waals surface area (Å²) in [4.78, 5) is 11.7. The van der Waals surface area contributed by atoms with Crippen molar-refractivity contribution in [3.05, 3.63) is 47.0 Å². The Kier molecular flexibility index (Phi) is 12.0. The molecule has 3 aliphatic rings. The predicted octanol–water partition coefficient (Wildman–Crippen LogP) is 9.41. The largest absolute Gasteiger partial charge is 0.462 e. The van der Waals surface area contributed by atoms with Crippen LogP contribution in [0.3, 0.4) is 0 Å². The molecule has 218 valence electrons. The van der Waals surface area contributed by atoms with Crippen molar-refractivity contribution in [2.45, 2.75) is 135 Å². The number of ether oxygens (including phenoxy) is 1. The molecule has 0 aromatic heterocycles. The molecule has 0 heterocycles. The molecule has 0 radical (unpaired) electrons. The van der Waals surface area contributed by atoms with Crippen molar-refractivity contribution in [3.63, 3.8) is 0 Å². The number of rotatable bonds is 12. The summed E-state index contributed by atoms with van der Waals surface area (Å²) in [5.41, 5.74) is 4.94. The molecule has 3 aliphatic carbocycles. The molecular weight excluding hydrogens is 480 g/mol. The fourth-order valence-corrected chi connectivity index (χ4v) is 8.21. The zero-order chi connectivity index (χ0) is 27.6. The fraction of sp³-hybridized carbons (Fsp3) is 0.750. The molecule has 1 N–H and O–H groups in total. The topological polar surface area (TPSA) is 46.5 Å². The minimum atomic E-state index is -0.451. The summed E-state index contributed by atoms with van der Waals surface area (Å²) < 4.78 is 5.27. The van der Waals surface area contributed by atoms with Gasteiger partial charge < -0.3 is 9.84 Å². The molecule has 3 nitrogen and oxygen atoms in total. The minimum Gasteiger partial charge on any atom is -0.462 e. The van der Waals surface area contributed by atoms with Crippen LogP contribution >= 0.6 is 0 Å². The lowest BCUT2D eigenvalue weighted by Crippen LogP contribution is -2.26. The first-order chi connectivity index (χ1) is 19.0. The van der Waals surface area contributed by atoms with E-state index in [1.807, 2.05) is 0 Å². The van der Waals surface area contributed by atoms with Gasteiger partial charge in [0.1, 0.15) is 0 Å². The van der Waals surface area contributed by atoms with Crippen molar-refractivity contribution in [1.29, 1.82) is 0 Å². The molecule has 3 fully saturated rings. The zero-order valence-corrected chi connectivity index (χ0v) is 25.1. The van der Waals surface area contributed by atoms with Gasteiger partial charge in [-0.05, 0) is 130 Å². The number of unbranched alkanes of at least 4 members (excludes halogenated alkanes) is 2. The van der Waals surface area contributed by atoms with Crippen LogP contribution in [-0.4, -0.2) is 24.3 Å². The summed E-state index contributed by atoms with van der Waals surface area (Å²) in [5, 5.41) is 8.99. The van der Waals surface area contributed by atoms with Gasteiger partial charge in [0, 0.05) is 0 Å².